The van der Waals surface area contributed by atoms with Crippen molar-refractivity contribution in [2.24, 2.45) is 5.92 Å². The van der Waals surface area contributed by atoms with Gasteiger partial charge in [-0.15, -0.1) is 0 Å². The minimum absolute atomic E-state index is 0.663. The second-order valence-electron chi connectivity index (χ2n) is 6.00. The summed E-state index contributed by atoms with van der Waals surface area (Å²) < 4.78 is 0. The third-order valence-corrected chi connectivity index (χ3v) is 4.08. The molecule has 1 aliphatic carbocycles. The molecule has 1 N–H and O–H groups in total. The van der Waals surface area contributed by atoms with Crippen molar-refractivity contribution in [3.8, 4) is 0 Å². The maximum Gasteiger partial charge on any atom is 0.0195 e. The van der Waals surface area contributed by atoms with Crippen LogP contribution < -0.4 is 5.32 Å². The molecule has 0 amide bonds. The van der Waals surface area contributed by atoms with Gasteiger partial charge in [0, 0.05) is 31.2 Å². The van der Waals surface area contributed by atoms with E-state index in [0.29, 0.717) is 18.1 Å². The van der Waals surface area contributed by atoms with Crippen LogP contribution in [0.15, 0.2) is 0 Å². The first kappa shape index (κ1) is 15.0. The summed E-state index contributed by atoms with van der Waals surface area (Å²) in [4.78, 5) is 2.67. The van der Waals surface area contributed by atoms with Crippen molar-refractivity contribution in [3.63, 3.8) is 0 Å². The molecule has 0 aromatic heterocycles. The zero-order valence-electron chi connectivity index (χ0n) is 12.5. The average molecular weight is 240 g/mol. The molecule has 0 aromatic carbocycles. The fourth-order valence-electron chi connectivity index (χ4n) is 2.53. The van der Waals surface area contributed by atoms with E-state index in [1.807, 2.05) is 0 Å². The molecule has 1 aliphatic rings. The van der Waals surface area contributed by atoms with Gasteiger partial charge in [0.25, 0.3) is 0 Å². The molecule has 0 radical (unpaired) electrons. The molecule has 1 atom stereocenters. The molecule has 2 heteroatoms. The number of hydrogen-bond donors (Lipinski definition) is 1. The number of rotatable bonds is 9. The van der Waals surface area contributed by atoms with Crippen LogP contribution >= 0.6 is 0 Å². The standard InChI is InChI=1S/C15H32N2/c1-6-15(7-2)16-10-13(5)17(12(3)4)11-14-8-9-14/h12-16H,6-11H2,1-5H3. The van der Waals surface area contributed by atoms with Gasteiger partial charge in [-0.05, 0) is 52.4 Å². The highest BCUT2D eigenvalue weighted by Crippen LogP contribution is 2.30. The fraction of sp³-hybridized carbons (Fsp3) is 1.00. The predicted octanol–water partition coefficient (Wildman–Crippen LogP) is 3.27. The first-order valence-electron chi connectivity index (χ1n) is 7.57. The number of hydrogen-bond acceptors (Lipinski definition) is 2. The topological polar surface area (TPSA) is 15.3 Å². The highest BCUT2D eigenvalue weighted by atomic mass is 15.2. The molecule has 1 saturated carbocycles. The van der Waals surface area contributed by atoms with Crippen molar-refractivity contribution >= 4 is 0 Å². The average Bonchev–Trinajstić information content (AvgIpc) is 3.10. The van der Waals surface area contributed by atoms with E-state index in [1.165, 1.54) is 32.2 Å². The first-order valence-corrected chi connectivity index (χ1v) is 7.57. The second-order valence-corrected chi connectivity index (χ2v) is 6.00. The maximum absolute atomic E-state index is 3.71. The van der Waals surface area contributed by atoms with Crippen LogP contribution in [0.1, 0.15) is 60.3 Å². The number of nitrogens with zero attached hydrogens (tertiary/aromatic N) is 1. The molecule has 1 rings (SSSR count). The molecule has 0 aliphatic heterocycles. The van der Waals surface area contributed by atoms with Gasteiger partial charge in [-0.2, -0.15) is 0 Å². The Hall–Kier alpha value is -0.0800. The van der Waals surface area contributed by atoms with Crippen LogP contribution in [0.25, 0.3) is 0 Å². The molecule has 1 unspecified atom stereocenters. The monoisotopic (exact) mass is 240 g/mol. The summed E-state index contributed by atoms with van der Waals surface area (Å²) in [5.41, 5.74) is 0. The maximum atomic E-state index is 3.71. The predicted molar refractivity (Wildman–Crippen MR) is 76.4 cm³/mol. The van der Waals surface area contributed by atoms with Crippen molar-refractivity contribution in [1.82, 2.24) is 10.2 Å². The van der Waals surface area contributed by atoms with E-state index in [4.69, 9.17) is 0 Å². The molecule has 0 aromatic rings. The summed E-state index contributed by atoms with van der Waals surface area (Å²) in [6, 6.07) is 2.04. The molecular weight excluding hydrogens is 208 g/mol. The van der Waals surface area contributed by atoms with Crippen molar-refractivity contribution in [2.45, 2.75) is 78.4 Å². The van der Waals surface area contributed by atoms with E-state index in [-0.39, 0.29) is 0 Å². The molecular formula is C15H32N2. The van der Waals surface area contributed by atoms with Gasteiger partial charge < -0.3 is 5.32 Å². The van der Waals surface area contributed by atoms with Crippen LogP contribution in [0, 0.1) is 5.92 Å². The lowest BCUT2D eigenvalue weighted by Gasteiger charge is -2.34. The summed E-state index contributed by atoms with van der Waals surface area (Å²) in [7, 11) is 0. The summed E-state index contributed by atoms with van der Waals surface area (Å²) in [6.45, 7) is 14.0. The summed E-state index contributed by atoms with van der Waals surface area (Å²) in [5.74, 6) is 0.994. The Balaban J connectivity index is 2.32. The molecule has 2 nitrogen and oxygen atoms in total. The Morgan fingerprint density at radius 2 is 1.71 bits per heavy atom. The third kappa shape index (κ3) is 5.39. The van der Waals surface area contributed by atoms with Gasteiger partial charge in [0.2, 0.25) is 0 Å². The van der Waals surface area contributed by atoms with Crippen molar-refractivity contribution in [2.75, 3.05) is 13.1 Å². The van der Waals surface area contributed by atoms with Crippen LogP contribution in [0.3, 0.4) is 0 Å². The van der Waals surface area contributed by atoms with E-state index >= 15 is 0 Å². The fourth-order valence-corrected chi connectivity index (χ4v) is 2.53. The quantitative estimate of drug-likeness (QED) is 0.665. The largest absolute Gasteiger partial charge is 0.312 e. The smallest absolute Gasteiger partial charge is 0.0195 e. The van der Waals surface area contributed by atoms with Gasteiger partial charge in [0.15, 0.2) is 0 Å². The lowest BCUT2D eigenvalue weighted by Crippen LogP contribution is -2.47. The van der Waals surface area contributed by atoms with Gasteiger partial charge in [0.1, 0.15) is 0 Å². The Bertz CT molecular complexity index is 195. The van der Waals surface area contributed by atoms with Crippen molar-refractivity contribution in [1.29, 1.82) is 0 Å². The van der Waals surface area contributed by atoms with Gasteiger partial charge in [0.05, 0.1) is 0 Å². The van der Waals surface area contributed by atoms with E-state index in [2.05, 4.69) is 44.8 Å². The van der Waals surface area contributed by atoms with Crippen LogP contribution in [-0.2, 0) is 0 Å². The minimum atomic E-state index is 0.663. The molecule has 0 saturated heterocycles. The minimum Gasteiger partial charge on any atom is -0.312 e. The molecule has 1 fully saturated rings. The number of nitrogens with one attached hydrogen (secondary N) is 1. The van der Waals surface area contributed by atoms with Gasteiger partial charge in [-0.25, -0.2) is 0 Å². The second kappa shape index (κ2) is 7.38. The molecule has 0 heterocycles. The van der Waals surface area contributed by atoms with Gasteiger partial charge >= 0.3 is 0 Å². The van der Waals surface area contributed by atoms with Crippen LogP contribution in [-0.4, -0.2) is 36.1 Å². The molecule has 17 heavy (non-hydrogen) atoms. The van der Waals surface area contributed by atoms with E-state index in [9.17, 15) is 0 Å². The van der Waals surface area contributed by atoms with E-state index in [0.717, 1.165) is 12.5 Å². The van der Waals surface area contributed by atoms with Crippen molar-refractivity contribution < 1.29 is 0 Å². The lowest BCUT2D eigenvalue weighted by molar-refractivity contribution is 0.150. The molecule has 0 bridgehead atoms. The zero-order chi connectivity index (χ0) is 12.8. The Morgan fingerprint density at radius 1 is 1.12 bits per heavy atom. The van der Waals surface area contributed by atoms with E-state index in [1.54, 1.807) is 0 Å². The first-order chi connectivity index (χ1) is 8.08. The third-order valence-electron chi connectivity index (χ3n) is 4.08. The van der Waals surface area contributed by atoms with E-state index < -0.39 is 0 Å². The molecule has 102 valence electrons. The highest BCUT2D eigenvalue weighted by Gasteiger charge is 2.27. The SMILES string of the molecule is CCC(CC)NCC(C)N(CC1CC1)C(C)C. The Morgan fingerprint density at radius 3 is 2.12 bits per heavy atom. The highest BCUT2D eigenvalue weighted by molar-refractivity contribution is 4.82. The lowest BCUT2D eigenvalue weighted by atomic mass is 10.1. The van der Waals surface area contributed by atoms with Gasteiger partial charge in [-0.1, -0.05) is 13.8 Å². The van der Waals surface area contributed by atoms with Crippen LogP contribution in [0.5, 0.6) is 0 Å². The van der Waals surface area contributed by atoms with Gasteiger partial charge in [-0.3, -0.25) is 4.90 Å². The van der Waals surface area contributed by atoms with Crippen molar-refractivity contribution in [3.05, 3.63) is 0 Å². The van der Waals surface area contributed by atoms with Crippen LogP contribution in [0.2, 0.25) is 0 Å². The molecule has 0 spiro atoms. The summed E-state index contributed by atoms with van der Waals surface area (Å²) in [6.07, 6.45) is 5.40. The summed E-state index contributed by atoms with van der Waals surface area (Å²) >= 11 is 0. The zero-order valence-corrected chi connectivity index (χ0v) is 12.5. The van der Waals surface area contributed by atoms with Crippen LogP contribution in [0.4, 0.5) is 0 Å². The Labute approximate surface area is 108 Å². The summed E-state index contributed by atoms with van der Waals surface area (Å²) in [5, 5.41) is 3.71. The Kier molecular flexibility index (Phi) is 6.50. The normalized spacial score (nSPS) is 18.4.